The smallest absolute Gasteiger partial charge is 0.276 e. The van der Waals surface area contributed by atoms with Gasteiger partial charge in [-0.25, -0.2) is 0 Å². The topological polar surface area (TPSA) is 83.4 Å². The minimum atomic E-state index is -0.201. The van der Waals surface area contributed by atoms with Gasteiger partial charge in [0.25, 0.3) is 5.22 Å². The van der Waals surface area contributed by atoms with Gasteiger partial charge in [-0.3, -0.25) is 0 Å². The lowest BCUT2D eigenvalue weighted by molar-refractivity contribution is 0.174. The van der Waals surface area contributed by atoms with Gasteiger partial charge >= 0.3 is 0 Å². The highest BCUT2D eigenvalue weighted by atomic mass is 32.2. The number of hydrogen-bond donors (Lipinski definition) is 1. The number of aromatic nitrogens is 2. The molecule has 3 rings (SSSR count). The van der Waals surface area contributed by atoms with E-state index in [1.54, 1.807) is 0 Å². The van der Waals surface area contributed by atoms with E-state index in [1.807, 2.05) is 18.2 Å². The maximum atomic E-state index is 6.04. The summed E-state index contributed by atoms with van der Waals surface area (Å²) in [5.74, 6) is 3.28. The largest absolute Gasteiger partial charge is 0.454 e. The molecule has 0 saturated carbocycles. The van der Waals surface area contributed by atoms with Crippen molar-refractivity contribution in [2.75, 3.05) is 6.79 Å². The van der Waals surface area contributed by atoms with Crippen molar-refractivity contribution in [3.05, 3.63) is 29.7 Å². The number of thioether (sulfide) groups is 1. The number of benzene rings is 1. The molecule has 118 valence electrons. The molecule has 7 heteroatoms. The fraction of sp³-hybridized carbons (Fsp3) is 0.467. The molecule has 2 N–H and O–H groups in total. The summed E-state index contributed by atoms with van der Waals surface area (Å²) in [7, 11) is 0. The van der Waals surface area contributed by atoms with Crippen molar-refractivity contribution in [2.45, 2.75) is 37.3 Å². The molecule has 2 aromatic rings. The molecule has 0 unspecified atom stereocenters. The fourth-order valence-corrected chi connectivity index (χ4v) is 2.93. The molecule has 0 saturated heterocycles. The van der Waals surface area contributed by atoms with Crippen LogP contribution in [0.25, 0.3) is 0 Å². The van der Waals surface area contributed by atoms with E-state index >= 15 is 0 Å². The first kappa shape index (κ1) is 15.2. The summed E-state index contributed by atoms with van der Waals surface area (Å²) in [6.07, 6.45) is 0.828. The molecule has 1 aromatic heterocycles. The number of nitrogens with two attached hydrogens (primary N) is 1. The Kier molecular flexibility index (Phi) is 4.54. The van der Waals surface area contributed by atoms with Crippen LogP contribution in [0.5, 0.6) is 11.5 Å². The summed E-state index contributed by atoms with van der Waals surface area (Å²) in [5, 5.41) is 8.61. The van der Waals surface area contributed by atoms with Crippen LogP contribution in [0.1, 0.15) is 37.8 Å². The zero-order valence-electron chi connectivity index (χ0n) is 12.6. The van der Waals surface area contributed by atoms with Gasteiger partial charge in [-0.05, 0) is 30.0 Å². The monoisotopic (exact) mass is 321 g/mol. The maximum Gasteiger partial charge on any atom is 0.276 e. The van der Waals surface area contributed by atoms with Gasteiger partial charge in [0, 0.05) is 5.75 Å². The van der Waals surface area contributed by atoms with E-state index in [1.165, 1.54) is 11.8 Å². The van der Waals surface area contributed by atoms with Crippen LogP contribution in [-0.2, 0) is 5.75 Å². The van der Waals surface area contributed by atoms with Gasteiger partial charge in [0.1, 0.15) is 0 Å². The first-order chi connectivity index (χ1) is 10.6. The van der Waals surface area contributed by atoms with Gasteiger partial charge in [0.15, 0.2) is 11.5 Å². The molecule has 0 fully saturated rings. The van der Waals surface area contributed by atoms with Crippen molar-refractivity contribution in [2.24, 2.45) is 11.7 Å². The SMILES string of the molecule is CC(C)C[C@H](N)c1nnc(SCc2ccc3c(c2)OCO3)o1. The molecule has 1 aromatic carbocycles. The highest BCUT2D eigenvalue weighted by molar-refractivity contribution is 7.98. The molecular weight excluding hydrogens is 302 g/mol. The molecule has 0 radical (unpaired) electrons. The van der Waals surface area contributed by atoms with Crippen molar-refractivity contribution in [1.29, 1.82) is 0 Å². The lowest BCUT2D eigenvalue weighted by Crippen LogP contribution is -2.13. The fourth-order valence-electron chi connectivity index (χ4n) is 2.21. The van der Waals surface area contributed by atoms with E-state index < -0.39 is 0 Å². The third kappa shape index (κ3) is 3.53. The third-order valence-electron chi connectivity index (χ3n) is 3.26. The van der Waals surface area contributed by atoms with Crippen molar-refractivity contribution < 1.29 is 13.9 Å². The van der Waals surface area contributed by atoms with Crippen LogP contribution in [-0.4, -0.2) is 17.0 Å². The quantitative estimate of drug-likeness (QED) is 0.818. The molecule has 0 amide bonds. The Bertz CT molecular complexity index is 645. The summed E-state index contributed by atoms with van der Waals surface area (Å²) in [4.78, 5) is 0. The van der Waals surface area contributed by atoms with Gasteiger partial charge in [0.05, 0.1) is 6.04 Å². The first-order valence-electron chi connectivity index (χ1n) is 7.22. The van der Waals surface area contributed by atoms with Crippen molar-refractivity contribution in [3.63, 3.8) is 0 Å². The summed E-state index contributed by atoms with van der Waals surface area (Å²) in [6, 6.07) is 5.68. The Morgan fingerprint density at radius 1 is 1.23 bits per heavy atom. The second-order valence-corrected chi connectivity index (χ2v) is 6.55. The normalized spacial score (nSPS) is 14.5. The highest BCUT2D eigenvalue weighted by Crippen LogP contribution is 2.34. The van der Waals surface area contributed by atoms with Crippen LogP contribution in [0.15, 0.2) is 27.8 Å². The Balaban J connectivity index is 1.59. The number of nitrogens with zero attached hydrogens (tertiary/aromatic N) is 2. The molecular formula is C15H19N3O3S. The molecule has 0 aliphatic carbocycles. The van der Waals surface area contributed by atoms with E-state index in [0.29, 0.717) is 17.0 Å². The first-order valence-corrected chi connectivity index (χ1v) is 8.20. The highest BCUT2D eigenvalue weighted by Gasteiger charge is 2.17. The van der Waals surface area contributed by atoms with E-state index in [0.717, 1.165) is 29.2 Å². The predicted molar refractivity (Wildman–Crippen MR) is 82.8 cm³/mol. The van der Waals surface area contributed by atoms with Crippen LogP contribution in [0.2, 0.25) is 0 Å². The Labute approximate surface area is 133 Å². The number of rotatable bonds is 6. The van der Waals surface area contributed by atoms with Crippen molar-refractivity contribution in [3.8, 4) is 11.5 Å². The zero-order valence-corrected chi connectivity index (χ0v) is 13.4. The summed E-state index contributed by atoms with van der Waals surface area (Å²) < 4.78 is 16.3. The molecule has 0 spiro atoms. The van der Waals surface area contributed by atoms with E-state index in [2.05, 4.69) is 24.0 Å². The second kappa shape index (κ2) is 6.58. The predicted octanol–water partition coefficient (Wildman–Crippen LogP) is 3.14. The lowest BCUT2D eigenvalue weighted by Gasteiger charge is -2.08. The number of ether oxygens (including phenoxy) is 2. The minimum Gasteiger partial charge on any atom is -0.454 e. The Morgan fingerprint density at radius 2 is 2.05 bits per heavy atom. The molecule has 1 aliphatic heterocycles. The molecule has 2 heterocycles. The summed E-state index contributed by atoms with van der Waals surface area (Å²) in [6.45, 7) is 4.52. The summed E-state index contributed by atoms with van der Waals surface area (Å²) in [5.41, 5.74) is 7.15. The van der Waals surface area contributed by atoms with Crippen LogP contribution in [0, 0.1) is 5.92 Å². The molecule has 1 aliphatic rings. The Morgan fingerprint density at radius 3 is 2.86 bits per heavy atom. The van der Waals surface area contributed by atoms with E-state index in [4.69, 9.17) is 19.6 Å². The van der Waals surface area contributed by atoms with Gasteiger partial charge in [0.2, 0.25) is 12.7 Å². The van der Waals surface area contributed by atoms with Crippen LogP contribution < -0.4 is 15.2 Å². The molecule has 22 heavy (non-hydrogen) atoms. The lowest BCUT2D eigenvalue weighted by atomic mass is 10.1. The van der Waals surface area contributed by atoms with E-state index in [-0.39, 0.29) is 12.8 Å². The van der Waals surface area contributed by atoms with Gasteiger partial charge < -0.3 is 19.6 Å². The average molecular weight is 321 g/mol. The second-order valence-electron chi connectivity index (χ2n) is 5.62. The molecule has 1 atom stereocenters. The Hall–Kier alpha value is -1.73. The zero-order chi connectivity index (χ0) is 15.5. The van der Waals surface area contributed by atoms with E-state index in [9.17, 15) is 0 Å². The standard InChI is InChI=1S/C15H19N3O3S/c1-9(2)5-11(16)14-17-18-15(21-14)22-7-10-3-4-12-13(6-10)20-8-19-12/h3-4,6,9,11H,5,7-8,16H2,1-2H3/t11-/m0/s1. The van der Waals surface area contributed by atoms with Gasteiger partial charge in [-0.2, -0.15) is 0 Å². The van der Waals surface area contributed by atoms with Gasteiger partial charge in [-0.15, -0.1) is 10.2 Å². The van der Waals surface area contributed by atoms with Crippen molar-refractivity contribution in [1.82, 2.24) is 10.2 Å². The minimum absolute atomic E-state index is 0.201. The number of hydrogen-bond acceptors (Lipinski definition) is 7. The molecule has 0 bridgehead atoms. The average Bonchev–Trinajstić information content (AvgIpc) is 3.13. The summed E-state index contributed by atoms with van der Waals surface area (Å²) >= 11 is 1.48. The molecule has 6 nitrogen and oxygen atoms in total. The van der Waals surface area contributed by atoms with Crippen LogP contribution >= 0.6 is 11.8 Å². The van der Waals surface area contributed by atoms with Crippen molar-refractivity contribution >= 4 is 11.8 Å². The van der Waals surface area contributed by atoms with Gasteiger partial charge in [-0.1, -0.05) is 31.7 Å². The number of fused-ring (bicyclic) bond motifs is 1. The maximum absolute atomic E-state index is 6.04. The van der Waals surface area contributed by atoms with Crippen LogP contribution in [0.3, 0.4) is 0 Å². The third-order valence-corrected chi connectivity index (χ3v) is 4.15. The van der Waals surface area contributed by atoms with Crippen LogP contribution in [0.4, 0.5) is 0 Å².